The molecule has 5 nitrogen and oxygen atoms in total. The van der Waals surface area contributed by atoms with Crippen LogP contribution in [0.5, 0.6) is 0 Å². The third-order valence-corrected chi connectivity index (χ3v) is 5.13. The van der Waals surface area contributed by atoms with Gasteiger partial charge in [-0.15, -0.1) is 0 Å². The Morgan fingerprint density at radius 1 is 1.03 bits per heavy atom. The van der Waals surface area contributed by atoms with Crippen molar-refractivity contribution in [2.24, 2.45) is 0 Å². The largest absolute Gasteiger partial charge is 0.317 e. The van der Waals surface area contributed by atoms with Crippen LogP contribution in [0, 0.1) is 23.3 Å². The summed E-state index contributed by atoms with van der Waals surface area (Å²) in [5, 5.41) is 9.53. The van der Waals surface area contributed by atoms with E-state index in [0.29, 0.717) is 5.69 Å². The Morgan fingerprint density at radius 3 is 2.30 bits per heavy atom. The quantitative estimate of drug-likeness (QED) is 0.495. The van der Waals surface area contributed by atoms with Gasteiger partial charge in [0.2, 0.25) is 0 Å². The number of piperidine rings is 1. The average molecular weight is 418 g/mol. The van der Waals surface area contributed by atoms with E-state index in [9.17, 15) is 22.4 Å². The number of aromatic nitrogens is 2. The van der Waals surface area contributed by atoms with Gasteiger partial charge in [0.15, 0.2) is 23.3 Å². The van der Waals surface area contributed by atoms with Crippen LogP contribution in [-0.4, -0.2) is 28.8 Å². The highest BCUT2D eigenvalue weighted by molar-refractivity contribution is 6.05. The molecule has 1 amide bonds. The predicted octanol–water partition coefficient (Wildman–Crippen LogP) is 4.15. The van der Waals surface area contributed by atoms with Crippen molar-refractivity contribution in [1.29, 1.82) is 0 Å². The van der Waals surface area contributed by atoms with Crippen LogP contribution in [0.25, 0.3) is 5.69 Å². The molecule has 4 rings (SSSR count). The number of carbonyl (C=O) groups excluding carboxylic acids is 1. The summed E-state index contributed by atoms with van der Waals surface area (Å²) in [5.74, 6) is -7.45. The summed E-state index contributed by atoms with van der Waals surface area (Å²) in [4.78, 5) is 12.9. The zero-order chi connectivity index (χ0) is 21.3. The van der Waals surface area contributed by atoms with Gasteiger partial charge in [-0.2, -0.15) is 5.10 Å². The lowest BCUT2D eigenvalue weighted by Gasteiger charge is -2.24. The van der Waals surface area contributed by atoms with E-state index in [1.165, 1.54) is 6.20 Å². The van der Waals surface area contributed by atoms with Crippen LogP contribution >= 0.6 is 0 Å². The molecule has 1 saturated heterocycles. The summed E-state index contributed by atoms with van der Waals surface area (Å²) < 4.78 is 56.7. The Hall–Kier alpha value is -3.20. The third kappa shape index (κ3) is 3.68. The number of nitrogens with zero attached hydrogens (tertiary/aromatic N) is 2. The molecule has 0 unspecified atom stereocenters. The Bertz CT molecular complexity index is 1050. The second kappa shape index (κ2) is 8.27. The predicted molar refractivity (Wildman–Crippen MR) is 103 cm³/mol. The van der Waals surface area contributed by atoms with E-state index in [2.05, 4.69) is 10.4 Å². The molecule has 30 heavy (non-hydrogen) atoms. The maximum Gasteiger partial charge on any atom is 0.259 e. The lowest BCUT2D eigenvalue weighted by molar-refractivity contribution is 0.102. The van der Waals surface area contributed by atoms with Gasteiger partial charge in [-0.05, 0) is 38.1 Å². The minimum atomic E-state index is -1.67. The fraction of sp³-hybridized carbons (Fsp3) is 0.238. The fourth-order valence-electron chi connectivity index (χ4n) is 3.66. The number of anilines is 1. The van der Waals surface area contributed by atoms with E-state index >= 15 is 0 Å². The second-order valence-electron chi connectivity index (χ2n) is 7.01. The number of halogens is 4. The van der Waals surface area contributed by atoms with Crippen molar-refractivity contribution in [2.75, 3.05) is 18.4 Å². The molecule has 0 aliphatic carbocycles. The molecule has 0 bridgehead atoms. The number of carbonyl (C=O) groups is 1. The molecule has 0 atom stereocenters. The molecule has 0 spiro atoms. The van der Waals surface area contributed by atoms with Gasteiger partial charge in [-0.3, -0.25) is 4.79 Å². The molecule has 156 valence electrons. The number of para-hydroxylation sites is 1. The molecule has 0 saturated carbocycles. The molecule has 3 aromatic rings. The Labute approximate surface area is 169 Å². The molecule has 2 heterocycles. The van der Waals surface area contributed by atoms with Crippen LogP contribution in [0.2, 0.25) is 0 Å². The Balaban J connectivity index is 1.76. The number of benzene rings is 2. The van der Waals surface area contributed by atoms with Gasteiger partial charge in [-0.1, -0.05) is 18.2 Å². The van der Waals surface area contributed by atoms with Crippen LogP contribution in [0.15, 0.2) is 42.6 Å². The van der Waals surface area contributed by atoms with Crippen molar-refractivity contribution in [3.05, 3.63) is 77.1 Å². The maximum absolute atomic E-state index is 14.0. The number of nitrogens with one attached hydrogen (secondary N) is 2. The molecule has 1 fully saturated rings. The first-order valence-corrected chi connectivity index (χ1v) is 9.45. The first kappa shape index (κ1) is 20.1. The van der Waals surface area contributed by atoms with Crippen molar-refractivity contribution < 1.29 is 22.4 Å². The van der Waals surface area contributed by atoms with Crippen molar-refractivity contribution in [3.8, 4) is 5.69 Å². The highest BCUT2D eigenvalue weighted by Gasteiger charge is 2.29. The molecule has 1 aliphatic heterocycles. The fourth-order valence-corrected chi connectivity index (χ4v) is 3.66. The topological polar surface area (TPSA) is 59.0 Å². The normalized spacial score (nSPS) is 14.7. The van der Waals surface area contributed by atoms with Gasteiger partial charge >= 0.3 is 0 Å². The van der Waals surface area contributed by atoms with Crippen LogP contribution in [0.1, 0.15) is 34.8 Å². The maximum atomic E-state index is 14.0. The summed E-state index contributed by atoms with van der Waals surface area (Å²) in [6.45, 7) is 1.48. The molecular weight excluding hydrogens is 400 g/mol. The Kier molecular flexibility index (Phi) is 5.54. The number of amides is 1. The van der Waals surface area contributed by atoms with Gasteiger partial charge in [0.1, 0.15) is 5.69 Å². The number of rotatable bonds is 4. The monoisotopic (exact) mass is 418 g/mol. The number of hydrogen-bond acceptors (Lipinski definition) is 3. The second-order valence-corrected chi connectivity index (χ2v) is 7.01. The van der Waals surface area contributed by atoms with Crippen molar-refractivity contribution in [3.63, 3.8) is 0 Å². The van der Waals surface area contributed by atoms with E-state index in [4.69, 9.17) is 0 Å². The molecule has 1 aliphatic rings. The summed E-state index contributed by atoms with van der Waals surface area (Å²) in [7, 11) is 0. The minimum Gasteiger partial charge on any atom is -0.317 e. The number of hydrogen-bond donors (Lipinski definition) is 2. The zero-order valence-electron chi connectivity index (χ0n) is 15.8. The SMILES string of the molecule is O=C(Nc1c(F)c(F)cc(F)c1F)c1cnn(-c2ccccc2)c1C1CCNCC1. The summed E-state index contributed by atoms with van der Waals surface area (Å²) >= 11 is 0. The van der Waals surface area contributed by atoms with Crippen LogP contribution in [0.3, 0.4) is 0 Å². The summed E-state index contributed by atoms with van der Waals surface area (Å²) in [5.41, 5.74) is 0.229. The lowest BCUT2D eigenvalue weighted by Crippen LogP contribution is -2.29. The van der Waals surface area contributed by atoms with E-state index in [1.807, 2.05) is 35.6 Å². The van der Waals surface area contributed by atoms with E-state index in [1.54, 1.807) is 4.68 Å². The van der Waals surface area contributed by atoms with E-state index < -0.39 is 34.9 Å². The van der Waals surface area contributed by atoms with Crippen LogP contribution < -0.4 is 10.6 Å². The van der Waals surface area contributed by atoms with Gasteiger partial charge in [-0.25, -0.2) is 22.2 Å². The van der Waals surface area contributed by atoms with Crippen LogP contribution in [-0.2, 0) is 0 Å². The Morgan fingerprint density at radius 2 is 1.67 bits per heavy atom. The van der Waals surface area contributed by atoms with Gasteiger partial charge in [0.25, 0.3) is 5.91 Å². The average Bonchev–Trinajstić information content (AvgIpc) is 3.22. The zero-order valence-corrected chi connectivity index (χ0v) is 15.8. The minimum absolute atomic E-state index is 0.0337. The highest BCUT2D eigenvalue weighted by Crippen LogP contribution is 2.31. The first-order chi connectivity index (χ1) is 14.5. The third-order valence-electron chi connectivity index (χ3n) is 5.13. The molecule has 2 aromatic carbocycles. The van der Waals surface area contributed by atoms with Crippen molar-refractivity contribution >= 4 is 11.6 Å². The van der Waals surface area contributed by atoms with E-state index in [0.717, 1.165) is 31.6 Å². The van der Waals surface area contributed by atoms with Gasteiger partial charge in [0, 0.05) is 12.0 Å². The van der Waals surface area contributed by atoms with Crippen molar-refractivity contribution in [1.82, 2.24) is 15.1 Å². The molecule has 2 N–H and O–H groups in total. The van der Waals surface area contributed by atoms with E-state index in [-0.39, 0.29) is 17.5 Å². The molecular formula is C21H18F4N4O. The standard InChI is InChI=1S/C21H18F4N4O/c22-15-10-16(23)18(25)19(17(15)24)28-21(30)14-11-27-29(13-4-2-1-3-5-13)20(14)12-6-8-26-9-7-12/h1-5,10-12,26H,6-9H2,(H,28,30). The summed E-state index contributed by atoms with van der Waals surface area (Å²) in [6.07, 6.45) is 2.76. The molecule has 0 radical (unpaired) electrons. The summed E-state index contributed by atoms with van der Waals surface area (Å²) in [6, 6.07) is 9.22. The van der Waals surface area contributed by atoms with Gasteiger partial charge in [0.05, 0.1) is 23.1 Å². The molecule has 9 heteroatoms. The highest BCUT2D eigenvalue weighted by atomic mass is 19.2. The first-order valence-electron chi connectivity index (χ1n) is 9.45. The molecule has 1 aromatic heterocycles. The lowest BCUT2D eigenvalue weighted by atomic mass is 9.91. The van der Waals surface area contributed by atoms with Crippen molar-refractivity contribution in [2.45, 2.75) is 18.8 Å². The smallest absolute Gasteiger partial charge is 0.259 e. The van der Waals surface area contributed by atoms with Gasteiger partial charge < -0.3 is 10.6 Å². The van der Waals surface area contributed by atoms with Crippen LogP contribution in [0.4, 0.5) is 23.2 Å².